The number of hydrogen-bond donors (Lipinski definition) is 1. The molecule has 0 amide bonds. The monoisotopic (exact) mass is 314 g/mol. The van der Waals surface area contributed by atoms with Crippen LogP contribution in [0.1, 0.15) is 64.4 Å². The zero-order chi connectivity index (χ0) is 15.7. The van der Waals surface area contributed by atoms with Crippen molar-refractivity contribution in [2.75, 3.05) is 6.61 Å². The fourth-order valence-electron chi connectivity index (χ4n) is 1.96. The van der Waals surface area contributed by atoms with Crippen molar-refractivity contribution in [1.82, 2.24) is 0 Å². The van der Waals surface area contributed by atoms with Gasteiger partial charge in [-0.3, -0.25) is 9.42 Å². The van der Waals surface area contributed by atoms with Gasteiger partial charge in [0, 0.05) is 0 Å². The quantitative estimate of drug-likeness (QED) is 0.472. The second kappa shape index (κ2) is 9.24. The normalized spacial score (nSPS) is 14.1. The van der Waals surface area contributed by atoms with E-state index in [2.05, 4.69) is 20.8 Å². The highest BCUT2D eigenvalue weighted by Gasteiger charge is 2.22. The molecule has 0 spiro atoms. The third-order valence-corrected chi connectivity index (χ3v) is 4.22. The van der Waals surface area contributed by atoms with Crippen molar-refractivity contribution in [3.05, 3.63) is 29.8 Å². The summed E-state index contributed by atoms with van der Waals surface area (Å²) in [4.78, 5) is 9.66. The molecular weight excluding hydrogens is 287 g/mol. The molecule has 4 nitrogen and oxygen atoms in total. The Morgan fingerprint density at radius 2 is 1.71 bits per heavy atom. The van der Waals surface area contributed by atoms with E-state index in [9.17, 15) is 9.46 Å². The predicted molar refractivity (Wildman–Crippen MR) is 85.7 cm³/mol. The zero-order valence-corrected chi connectivity index (χ0v) is 14.1. The van der Waals surface area contributed by atoms with Gasteiger partial charge in [0.15, 0.2) is 0 Å². The molecule has 1 rings (SSSR count). The van der Waals surface area contributed by atoms with Crippen LogP contribution in [0.4, 0.5) is 0 Å². The highest BCUT2D eigenvalue weighted by Crippen LogP contribution is 2.44. The summed E-state index contributed by atoms with van der Waals surface area (Å²) >= 11 is 0. The molecule has 5 heteroatoms. The zero-order valence-electron chi connectivity index (χ0n) is 13.2. The molecule has 1 aromatic rings. The first-order valence-electron chi connectivity index (χ1n) is 7.71. The van der Waals surface area contributed by atoms with E-state index in [1.807, 2.05) is 12.1 Å². The Kier molecular flexibility index (Phi) is 8.02. The fraction of sp³-hybridized carbons (Fsp3) is 0.625. The molecule has 1 aromatic carbocycles. The van der Waals surface area contributed by atoms with Gasteiger partial charge >= 0.3 is 7.82 Å². The van der Waals surface area contributed by atoms with Gasteiger partial charge in [0.2, 0.25) is 0 Å². The lowest BCUT2D eigenvalue weighted by Crippen LogP contribution is -1.99. The van der Waals surface area contributed by atoms with E-state index in [-0.39, 0.29) is 6.61 Å². The average molecular weight is 314 g/mol. The van der Waals surface area contributed by atoms with Gasteiger partial charge in [0.1, 0.15) is 5.75 Å². The Morgan fingerprint density at radius 3 is 2.29 bits per heavy atom. The van der Waals surface area contributed by atoms with Gasteiger partial charge < -0.3 is 4.52 Å². The number of benzene rings is 1. The molecule has 1 atom stereocenters. The molecule has 0 heterocycles. The van der Waals surface area contributed by atoms with E-state index < -0.39 is 7.82 Å². The van der Waals surface area contributed by atoms with E-state index in [1.165, 1.54) is 12.8 Å². The lowest BCUT2D eigenvalue weighted by atomic mass is 10.0. The standard InChI is InChI=1S/C16H27O4P/c1-4-5-6-7-8-13-19-21(17,18)20-16-11-9-15(10-12-16)14(2)3/h9-12,14H,4-8,13H2,1-3H3,(H,17,18). The highest BCUT2D eigenvalue weighted by molar-refractivity contribution is 7.47. The molecule has 0 aromatic heterocycles. The first kappa shape index (κ1) is 18.2. The summed E-state index contributed by atoms with van der Waals surface area (Å²) in [5, 5.41) is 0. The van der Waals surface area contributed by atoms with Crippen molar-refractivity contribution >= 4 is 7.82 Å². The Bertz CT molecular complexity index is 442. The van der Waals surface area contributed by atoms with Crippen molar-refractivity contribution < 1.29 is 18.5 Å². The summed E-state index contributed by atoms with van der Waals surface area (Å²) in [5.74, 6) is 0.774. The van der Waals surface area contributed by atoms with Crippen LogP contribution in [-0.2, 0) is 9.09 Å². The van der Waals surface area contributed by atoms with Gasteiger partial charge in [-0.1, -0.05) is 58.6 Å². The third kappa shape index (κ3) is 7.66. The maximum absolute atomic E-state index is 11.8. The molecular formula is C16H27O4P. The maximum atomic E-state index is 11.8. The van der Waals surface area contributed by atoms with Gasteiger partial charge in [0.25, 0.3) is 0 Å². The number of phosphoric ester groups is 1. The maximum Gasteiger partial charge on any atom is 0.527 e. The molecule has 0 saturated carbocycles. The smallest absolute Gasteiger partial charge is 0.404 e. The highest BCUT2D eigenvalue weighted by atomic mass is 31.2. The predicted octanol–water partition coefficient (Wildman–Crippen LogP) is 5.28. The van der Waals surface area contributed by atoms with Gasteiger partial charge in [-0.2, -0.15) is 0 Å². The molecule has 21 heavy (non-hydrogen) atoms. The van der Waals surface area contributed by atoms with Gasteiger partial charge in [-0.25, -0.2) is 4.57 Å². The molecule has 120 valence electrons. The Hall–Kier alpha value is -0.830. The fourth-order valence-corrected chi connectivity index (χ4v) is 2.76. The lowest BCUT2D eigenvalue weighted by Gasteiger charge is -2.13. The number of hydrogen-bond acceptors (Lipinski definition) is 3. The van der Waals surface area contributed by atoms with Crippen molar-refractivity contribution in [1.29, 1.82) is 0 Å². The van der Waals surface area contributed by atoms with Gasteiger partial charge in [-0.15, -0.1) is 0 Å². The molecule has 0 fully saturated rings. The van der Waals surface area contributed by atoms with Crippen LogP contribution in [-0.4, -0.2) is 11.5 Å². The summed E-state index contributed by atoms with van der Waals surface area (Å²) < 4.78 is 21.8. The summed E-state index contributed by atoms with van der Waals surface area (Å²) in [6, 6.07) is 7.18. The minimum absolute atomic E-state index is 0.252. The molecule has 1 unspecified atom stereocenters. The Balaban J connectivity index is 2.36. The van der Waals surface area contributed by atoms with Crippen molar-refractivity contribution in [3.63, 3.8) is 0 Å². The molecule has 0 aliphatic rings. The van der Waals surface area contributed by atoms with Crippen LogP contribution in [0.3, 0.4) is 0 Å². The third-order valence-electron chi connectivity index (χ3n) is 3.27. The van der Waals surface area contributed by atoms with Gasteiger partial charge in [-0.05, 0) is 30.0 Å². The minimum Gasteiger partial charge on any atom is -0.404 e. The van der Waals surface area contributed by atoms with Crippen LogP contribution >= 0.6 is 7.82 Å². The van der Waals surface area contributed by atoms with Gasteiger partial charge in [0.05, 0.1) is 6.61 Å². The summed E-state index contributed by atoms with van der Waals surface area (Å²) in [5.41, 5.74) is 1.16. The van der Waals surface area contributed by atoms with E-state index in [0.717, 1.165) is 24.8 Å². The second-order valence-corrected chi connectivity index (χ2v) is 6.91. The van der Waals surface area contributed by atoms with E-state index in [0.29, 0.717) is 11.7 Å². The van der Waals surface area contributed by atoms with Crippen molar-refractivity contribution in [2.45, 2.75) is 58.8 Å². The summed E-state index contributed by atoms with van der Waals surface area (Å²) in [6.07, 6.45) is 5.29. The second-order valence-electron chi connectivity index (χ2n) is 5.53. The Morgan fingerprint density at radius 1 is 1.10 bits per heavy atom. The molecule has 0 aliphatic carbocycles. The first-order chi connectivity index (χ1) is 9.94. The Labute approximate surface area is 128 Å². The minimum atomic E-state index is -4.01. The number of phosphoric acid groups is 1. The number of unbranched alkanes of at least 4 members (excludes halogenated alkanes) is 4. The number of rotatable bonds is 10. The van der Waals surface area contributed by atoms with Crippen LogP contribution in [0.15, 0.2) is 24.3 Å². The van der Waals surface area contributed by atoms with E-state index in [1.54, 1.807) is 12.1 Å². The van der Waals surface area contributed by atoms with E-state index in [4.69, 9.17) is 9.05 Å². The largest absolute Gasteiger partial charge is 0.527 e. The summed E-state index contributed by atoms with van der Waals surface area (Å²) in [6.45, 7) is 6.58. The topological polar surface area (TPSA) is 55.8 Å². The van der Waals surface area contributed by atoms with Crippen LogP contribution in [0.5, 0.6) is 5.75 Å². The molecule has 0 bridgehead atoms. The lowest BCUT2D eigenvalue weighted by molar-refractivity contribution is 0.199. The van der Waals surface area contributed by atoms with E-state index >= 15 is 0 Å². The van der Waals surface area contributed by atoms with Crippen LogP contribution < -0.4 is 4.52 Å². The first-order valence-corrected chi connectivity index (χ1v) is 9.21. The summed E-state index contributed by atoms with van der Waals surface area (Å²) in [7, 11) is -4.01. The van der Waals surface area contributed by atoms with Crippen LogP contribution in [0.25, 0.3) is 0 Å². The van der Waals surface area contributed by atoms with Crippen molar-refractivity contribution in [2.24, 2.45) is 0 Å². The average Bonchev–Trinajstić information content (AvgIpc) is 2.43. The molecule has 0 saturated heterocycles. The van der Waals surface area contributed by atoms with Crippen LogP contribution in [0.2, 0.25) is 0 Å². The SMILES string of the molecule is CCCCCCCOP(=O)(O)Oc1ccc(C(C)C)cc1. The molecule has 1 N–H and O–H groups in total. The molecule has 0 aliphatic heterocycles. The molecule has 0 radical (unpaired) electrons. The van der Waals surface area contributed by atoms with Crippen molar-refractivity contribution in [3.8, 4) is 5.75 Å². The van der Waals surface area contributed by atoms with Crippen LogP contribution in [0, 0.1) is 0 Å².